The van der Waals surface area contributed by atoms with Crippen LogP contribution in [0.1, 0.15) is 69.2 Å². The average molecular weight is 620 g/mol. The molecule has 0 saturated carbocycles. The Labute approximate surface area is 256 Å². The number of nitrogens with zero attached hydrogens (tertiary/aromatic N) is 2. The lowest BCUT2D eigenvalue weighted by atomic mass is 9.90. The highest BCUT2D eigenvalue weighted by Gasteiger charge is 2.55. The van der Waals surface area contributed by atoms with E-state index in [2.05, 4.69) is 11.4 Å². The molecule has 5 atom stereocenters. The Morgan fingerprint density at radius 2 is 1.98 bits per heavy atom. The van der Waals surface area contributed by atoms with Crippen LogP contribution < -0.4 is 10.1 Å². The maximum absolute atomic E-state index is 14.1. The van der Waals surface area contributed by atoms with Crippen molar-refractivity contribution in [3.8, 4) is 11.8 Å². The third-order valence-electron chi connectivity index (χ3n) is 8.29. The Bertz CT molecular complexity index is 1300. The highest BCUT2D eigenvalue weighted by molar-refractivity contribution is 6.31. The second-order valence-corrected chi connectivity index (χ2v) is 12.5. The minimum absolute atomic E-state index is 0.0422. The lowest BCUT2D eigenvalue weighted by Crippen LogP contribution is -2.57. The summed E-state index contributed by atoms with van der Waals surface area (Å²) in [5, 5.41) is 33.3. The van der Waals surface area contributed by atoms with Crippen LogP contribution in [-0.2, 0) is 16.0 Å². The molecule has 11 heteroatoms. The van der Waals surface area contributed by atoms with E-state index in [0.29, 0.717) is 35.9 Å². The van der Waals surface area contributed by atoms with Gasteiger partial charge >= 0.3 is 5.92 Å². The number of aliphatic hydroxyl groups excluding tert-OH is 2. The number of aliphatic hydroxyl groups is 2. The summed E-state index contributed by atoms with van der Waals surface area (Å²) in [5.74, 6) is -2.89. The number of nitriles is 1. The Hall–Kier alpha value is -2.81. The molecule has 0 spiro atoms. The molecule has 8 nitrogen and oxygen atoms in total. The molecule has 0 bridgehead atoms. The largest absolute Gasteiger partial charge is 0.494 e. The van der Waals surface area contributed by atoms with Gasteiger partial charge in [0.05, 0.1) is 19.2 Å². The third kappa shape index (κ3) is 8.02. The van der Waals surface area contributed by atoms with Crippen molar-refractivity contribution >= 4 is 17.5 Å². The molecule has 234 valence electrons. The fraction of sp³-hybridized carbons (Fsp3) is 0.562. The summed E-state index contributed by atoms with van der Waals surface area (Å²) in [4.78, 5) is 14.2. The maximum atomic E-state index is 14.1. The molecular weight excluding hydrogens is 580 g/mol. The van der Waals surface area contributed by atoms with E-state index in [1.54, 1.807) is 23.1 Å². The lowest BCUT2D eigenvalue weighted by Gasteiger charge is -2.41. The Morgan fingerprint density at radius 1 is 1.26 bits per heavy atom. The number of carbonyl (C=O) groups excluding carboxylic acids is 1. The quantitative estimate of drug-likeness (QED) is 0.310. The normalized spacial score (nSPS) is 25.4. The number of halogens is 3. The number of hydrogen-bond acceptors (Lipinski definition) is 7. The predicted molar refractivity (Wildman–Crippen MR) is 158 cm³/mol. The first kappa shape index (κ1) is 33.1. The van der Waals surface area contributed by atoms with E-state index in [4.69, 9.17) is 21.1 Å². The molecule has 2 aromatic rings. The lowest BCUT2D eigenvalue weighted by molar-refractivity contribution is -0.286. The first-order chi connectivity index (χ1) is 20.3. The van der Waals surface area contributed by atoms with E-state index in [9.17, 15) is 29.1 Å². The van der Waals surface area contributed by atoms with Crippen molar-refractivity contribution in [1.82, 2.24) is 10.2 Å². The highest BCUT2D eigenvalue weighted by Crippen LogP contribution is 2.41. The molecule has 2 saturated heterocycles. The first-order valence-electron chi connectivity index (χ1n) is 14.7. The second-order valence-electron chi connectivity index (χ2n) is 12.0. The number of amides is 1. The van der Waals surface area contributed by atoms with E-state index in [1.165, 1.54) is 6.92 Å². The summed E-state index contributed by atoms with van der Waals surface area (Å²) in [6, 6.07) is 14.4. The van der Waals surface area contributed by atoms with Gasteiger partial charge in [-0.1, -0.05) is 35.9 Å². The average Bonchev–Trinajstić information content (AvgIpc) is 3.46. The molecule has 2 aliphatic heterocycles. The fourth-order valence-corrected chi connectivity index (χ4v) is 5.72. The van der Waals surface area contributed by atoms with Crippen LogP contribution in [-0.4, -0.2) is 76.5 Å². The number of benzene rings is 2. The molecule has 0 aromatic heterocycles. The van der Waals surface area contributed by atoms with Crippen molar-refractivity contribution in [1.29, 1.82) is 5.26 Å². The van der Waals surface area contributed by atoms with Gasteiger partial charge in [-0.05, 0) is 87.8 Å². The van der Waals surface area contributed by atoms with E-state index in [-0.39, 0.29) is 24.0 Å². The van der Waals surface area contributed by atoms with Crippen LogP contribution in [0.2, 0.25) is 5.02 Å². The number of alkyl halides is 2. The van der Waals surface area contributed by atoms with Gasteiger partial charge in [-0.15, -0.1) is 0 Å². The van der Waals surface area contributed by atoms with E-state index in [0.717, 1.165) is 36.8 Å². The smallest absolute Gasteiger partial charge is 0.301 e. The van der Waals surface area contributed by atoms with Crippen molar-refractivity contribution in [3.05, 3.63) is 64.2 Å². The van der Waals surface area contributed by atoms with E-state index in [1.807, 2.05) is 38.1 Å². The summed E-state index contributed by atoms with van der Waals surface area (Å²) in [6.07, 6.45) is -3.07. The summed E-state index contributed by atoms with van der Waals surface area (Å²) in [7, 11) is 0. The number of ether oxygens (including phenoxy) is 2. The van der Waals surface area contributed by atoms with Crippen molar-refractivity contribution in [2.75, 3.05) is 19.7 Å². The molecule has 2 aliphatic rings. The van der Waals surface area contributed by atoms with Gasteiger partial charge in [-0.2, -0.15) is 5.26 Å². The zero-order chi connectivity index (χ0) is 31.4. The topological polar surface area (TPSA) is 115 Å². The zero-order valence-electron chi connectivity index (χ0n) is 24.7. The van der Waals surface area contributed by atoms with Crippen molar-refractivity contribution < 1.29 is 33.3 Å². The maximum Gasteiger partial charge on any atom is 0.301 e. The molecule has 2 heterocycles. The minimum Gasteiger partial charge on any atom is -0.494 e. The molecular formula is C32H40ClF2N3O5. The summed E-state index contributed by atoms with van der Waals surface area (Å²) in [6.45, 7) is 6.60. The number of hydrogen-bond donors (Lipinski definition) is 3. The second kappa shape index (κ2) is 13.9. The van der Waals surface area contributed by atoms with Gasteiger partial charge in [0.25, 0.3) is 0 Å². The van der Waals surface area contributed by atoms with Crippen LogP contribution in [0.25, 0.3) is 0 Å². The van der Waals surface area contributed by atoms with Gasteiger partial charge in [-0.25, -0.2) is 8.78 Å². The number of likely N-dealkylation sites (tertiary alicyclic amines) is 1. The molecule has 2 aromatic carbocycles. The predicted octanol–water partition coefficient (Wildman–Crippen LogP) is 4.79. The van der Waals surface area contributed by atoms with Crippen LogP contribution in [0.3, 0.4) is 0 Å². The summed E-state index contributed by atoms with van der Waals surface area (Å²) >= 11 is 6.43. The molecule has 43 heavy (non-hydrogen) atoms. The van der Waals surface area contributed by atoms with Crippen LogP contribution in [0.5, 0.6) is 5.75 Å². The zero-order valence-corrected chi connectivity index (χ0v) is 25.5. The Balaban J connectivity index is 1.25. The first-order valence-corrected chi connectivity index (χ1v) is 15.0. The van der Waals surface area contributed by atoms with Gasteiger partial charge in [0, 0.05) is 17.1 Å². The Kier molecular flexibility index (Phi) is 10.7. The van der Waals surface area contributed by atoms with Crippen molar-refractivity contribution in [3.63, 3.8) is 0 Å². The SMILES string of the molecule is C[C@H]1O[C@@H](c2ccc(Cl)c(Cc3ccc(OCCCC(C)(C)NCC(=O)N4CCC[C@H]4C#N)cc3)c2)[C@H](O)[C@@H](O)C1(F)F. The van der Waals surface area contributed by atoms with Crippen LogP contribution >= 0.6 is 11.6 Å². The van der Waals surface area contributed by atoms with Crippen molar-refractivity contribution in [2.45, 2.75) is 94.8 Å². The minimum atomic E-state index is -3.56. The monoisotopic (exact) mass is 619 g/mol. The summed E-state index contributed by atoms with van der Waals surface area (Å²) in [5.41, 5.74) is 1.86. The molecule has 4 rings (SSSR count). The number of rotatable bonds is 11. The third-order valence-corrected chi connectivity index (χ3v) is 8.66. The molecule has 0 unspecified atom stereocenters. The van der Waals surface area contributed by atoms with Gasteiger partial charge in [0.1, 0.15) is 36.2 Å². The van der Waals surface area contributed by atoms with Gasteiger partial charge in [-0.3, -0.25) is 4.79 Å². The van der Waals surface area contributed by atoms with Gasteiger partial charge in [0.2, 0.25) is 5.91 Å². The highest BCUT2D eigenvalue weighted by atomic mass is 35.5. The summed E-state index contributed by atoms with van der Waals surface area (Å²) < 4.78 is 39.5. The van der Waals surface area contributed by atoms with Crippen molar-refractivity contribution in [2.24, 2.45) is 0 Å². The molecule has 0 aliphatic carbocycles. The molecule has 3 N–H and O–H groups in total. The van der Waals surface area contributed by atoms with Gasteiger partial charge in [0.15, 0.2) is 0 Å². The van der Waals surface area contributed by atoms with Crippen LogP contribution in [0.4, 0.5) is 8.78 Å². The van der Waals surface area contributed by atoms with E-state index >= 15 is 0 Å². The van der Waals surface area contributed by atoms with Gasteiger partial charge < -0.3 is 29.9 Å². The molecule has 1 amide bonds. The number of carbonyl (C=O) groups is 1. The Morgan fingerprint density at radius 3 is 2.67 bits per heavy atom. The number of nitrogens with one attached hydrogen (secondary N) is 1. The molecule has 0 radical (unpaired) electrons. The van der Waals surface area contributed by atoms with Crippen LogP contribution in [0, 0.1) is 11.3 Å². The fourth-order valence-electron chi connectivity index (χ4n) is 5.54. The van der Waals surface area contributed by atoms with Crippen LogP contribution in [0.15, 0.2) is 42.5 Å². The molecule has 2 fully saturated rings. The van der Waals surface area contributed by atoms with E-state index < -0.39 is 30.3 Å². The standard InChI is InChI=1S/C32H40ClF2N3O5/c1-20-32(34,35)30(41)28(40)29(43-20)22-9-12-26(33)23(17-22)16-21-7-10-25(11-8-21)42-15-5-13-31(2,3)37-19-27(39)38-14-4-6-24(38)18-36/h7-12,17,20,24,28-30,37,40-41H,4-6,13-16,19H2,1-3H3/t20-,24+,28+,29+,30-/m1/s1.